The van der Waals surface area contributed by atoms with E-state index in [-0.39, 0.29) is 17.9 Å². The van der Waals surface area contributed by atoms with Gasteiger partial charge in [0.05, 0.1) is 5.92 Å². The molecule has 3 heteroatoms. The fourth-order valence-electron chi connectivity index (χ4n) is 2.53. The summed E-state index contributed by atoms with van der Waals surface area (Å²) in [6.45, 7) is 5.18. The molecule has 1 saturated heterocycles. The van der Waals surface area contributed by atoms with E-state index in [0.29, 0.717) is 0 Å². The third-order valence-corrected chi connectivity index (χ3v) is 3.83. The van der Waals surface area contributed by atoms with Crippen molar-refractivity contribution in [2.75, 3.05) is 18.5 Å². The van der Waals surface area contributed by atoms with E-state index in [1.165, 1.54) is 5.56 Å². The van der Waals surface area contributed by atoms with Crippen LogP contribution in [0.25, 0.3) is 0 Å². The summed E-state index contributed by atoms with van der Waals surface area (Å²) in [6.07, 6.45) is 2.08. The Balaban J connectivity index is 2.10. The summed E-state index contributed by atoms with van der Waals surface area (Å²) in [5.41, 5.74) is 2.19. The Morgan fingerprint density at radius 2 is 2.00 bits per heavy atom. The van der Waals surface area contributed by atoms with Crippen LogP contribution in [0, 0.1) is 12.8 Å². The van der Waals surface area contributed by atoms with Crippen molar-refractivity contribution >= 4 is 11.6 Å². The molecule has 2 atom stereocenters. The molecule has 1 heterocycles. The molecule has 0 radical (unpaired) electrons. The highest BCUT2D eigenvalue weighted by molar-refractivity contribution is 5.95. The van der Waals surface area contributed by atoms with Gasteiger partial charge in [-0.1, -0.05) is 17.7 Å². The molecule has 0 aromatic heterocycles. The van der Waals surface area contributed by atoms with Crippen LogP contribution in [-0.4, -0.2) is 25.5 Å². The highest BCUT2D eigenvalue weighted by Gasteiger charge is 2.30. The van der Waals surface area contributed by atoms with Gasteiger partial charge in [-0.3, -0.25) is 4.79 Å². The fourth-order valence-corrected chi connectivity index (χ4v) is 2.53. The number of carbonyl (C=O) groups is 1. The first-order valence-electron chi connectivity index (χ1n) is 6.67. The Morgan fingerprint density at radius 1 is 1.33 bits per heavy atom. The van der Waals surface area contributed by atoms with Crippen LogP contribution in [0.2, 0.25) is 0 Å². The Kier molecular flexibility index (Phi) is 4.02. The second-order valence-corrected chi connectivity index (χ2v) is 5.22. The minimum atomic E-state index is 0.102. The van der Waals surface area contributed by atoms with Gasteiger partial charge in [-0.25, -0.2) is 0 Å². The predicted octanol–water partition coefficient (Wildman–Crippen LogP) is 2.35. The van der Waals surface area contributed by atoms with Gasteiger partial charge in [-0.15, -0.1) is 0 Å². The van der Waals surface area contributed by atoms with Gasteiger partial charge in [0.2, 0.25) is 5.91 Å². The maximum absolute atomic E-state index is 12.5. The number of anilines is 1. The van der Waals surface area contributed by atoms with Crippen LogP contribution in [0.15, 0.2) is 24.3 Å². The lowest BCUT2D eigenvalue weighted by Gasteiger charge is -2.32. The number of rotatable bonds is 2. The summed E-state index contributed by atoms with van der Waals surface area (Å²) >= 11 is 0. The first-order valence-corrected chi connectivity index (χ1v) is 6.67. The van der Waals surface area contributed by atoms with E-state index < -0.39 is 0 Å². The fraction of sp³-hybridized carbons (Fsp3) is 0.533. The van der Waals surface area contributed by atoms with Crippen molar-refractivity contribution in [2.24, 2.45) is 5.92 Å². The summed E-state index contributed by atoms with van der Waals surface area (Å²) in [7, 11) is 1.87. The molecule has 1 aliphatic rings. The second-order valence-electron chi connectivity index (χ2n) is 5.22. The summed E-state index contributed by atoms with van der Waals surface area (Å²) in [6, 6.07) is 8.38. The molecule has 1 fully saturated rings. The second kappa shape index (κ2) is 5.53. The van der Waals surface area contributed by atoms with E-state index in [9.17, 15) is 4.79 Å². The van der Waals surface area contributed by atoms with Crippen molar-refractivity contribution in [1.29, 1.82) is 0 Å². The molecular weight excluding hydrogens is 224 g/mol. The lowest BCUT2D eigenvalue weighted by molar-refractivity contribution is -0.123. The van der Waals surface area contributed by atoms with Gasteiger partial charge in [0.1, 0.15) is 0 Å². The number of piperidine rings is 1. The quantitative estimate of drug-likeness (QED) is 0.868. The molecular formula is C15H22N2O. The Bertz CT molecular complexity index is 413. The molecule has 1 aromatic carbocycles. The molecule has 0 bridgehead atoms. The average Bonchev–Trinajstić information content (AvgIpc) is 2.38. The van der Waals surface area contributed by atoms with Gasteiger partial charge in [0.15, 0.2) is 0 Å². The first kappa shape index (κ1) is 13.1. The van der Waals surface area contributed by atoms with Gasteiger partial charge in [-0.05, 0) is 45.4 Å². The van der Waals surface area contributed by atoms with Gasteiger partial charge in [0, 0.05) is 18.8 Å². The normalized spacial score (nSPS) is 23.7. The number of benzene rings is 1. The smallest absolute Gasteiger partial charge is 0.231 e. The third-order valence-electron chi connectivity index (χ3n) is 3.83. The van der Waals surface area contributed by atoms with Crippen LogP contribution in [0.5, 0.6) is 0 Å². The number of carbonyl (C=O) groups excluding carboxylic acids is 1. The Hall–Kier alpha value is -1.35. The van der Waals surface area contributed by atoms with Crippen LogP contribution in [0.1, 0.15) is 25.3 Å². The van der Waals surface area contributed by atoms with Crippen LogP contribution in [0.3, 0.4) is 0 Å². The number of hydrogen-bond acceptors (Lipinski definition) is 2. The van der Waals surface area contributed by atoms with Crippen molar-refractivity contribution in [3.63, 3.8) is 0 Å². The molecule has 0 saturated carbocycles. The van der Waals surface area contributed by atoms with Gasteiger partial charge < -0.3 is 10.2 Å². The largest absolute Gasteiger partial charge is 0.315 e. The van der Waals surface area contributed by atoms with Crippen molar-refractivity contribution in [2.45, 2.75) is 32.7 Å². The minimum absolute atomic E-state index is 0.102. The number of amides is 1. The van der Waals surface area contributed by atoms with Crippen LogP contribution >= 0.6 is 0 Å². The first-order chi connectivity index (χ1) is 8.59. The van der Waals surface area contributed by atoms with E-state index in [4.69, 9.17) is 0 Å². The molecule has 1 amide bonds. The lowest BCUT2D eigenvalue weighted by atomic mass is 9.90. The topological polar surface area (TPSA) is 32.3 Å². The molecule has 2 unspecified atom stereocenters. The Morgan fingerprint density at radius 3 is 2.61 bits per heavy atom. The summed E-state index contributed by atoms with van der Waals surface area (Å²) < 4.78 is 0. The summed E-state index contributed by atoms with van der Waals surface area (Å²) in [5, 5.41) is 3.38. The van der Waals surface area contributed by atoms with Crippen molar-refractivity contribution in [1.82, 2.24) is 5.32 Å². The maximum Gasteiger partial charge on any atom is 0.231 e. The van der Waals surface area contributed by atoms with E-state index in [1.807, 2.05) is 31.3 Å². The van der Waals surface area contributed by atoms with E-state index in [1.54, 1.807) is 4.90 Å². The summed E-state index contributed by atoms with van der Waals surface area (Å²) in [4.78, 5) is 14.3. The highest BCUT2D eigenvalue weighted by atomic mass is 16.2. The molecule has 98 valence electrons. The number of hydrogen-bond donors (Lipinski definition) is 1. The average molecular weight is 246 g/mol. The minimum Gasteiger partial charge on any atom is -0.315 e. The van der Waals surface area contributed by atoms with Crippen LogP contribution < -0.4 is 10.2 Å². The molecule has 1 N–H and O–H groups in total. The third kappa shape index (κ3) is 2.72. The highest BCUT2D eigenvalue weighted by Crippen LogP contribution is 2.22. The maximum atomic E-state index is 12.5. The predicted molar refractivity (Wildman–Crippen MR) is 74.8 cm³/mol. The standard InChI is InChI=1S/C15H22N2O/c1-11-6-8-13(9-7-11)17(3)15(18)14-5-4-10-16-12(14)2/h6-9,12,14,16H,4-5,10H2,1-3H3. The molecule has 0 spiro atoms. The molecule has 1 aliphatic heterocycles. The van der Waals surface area contributed by atoms with E-state index >= 15 is 0 Å². The SMILES string of the molecule is Cc1ccc(N(C)C(=O)C2CCCNC2C)cc1. The van der Waals surface area contributed by atoms with Crippen LogP contribution in [-0.2, 0) is 4.79 Å². The van der Waals surface area contributed by atoms with Gasteiger partial charge in [0.25, 0.3) is 0 Å². The zero-order valence-electron chi connectivity index (χ0n) is 11.4. The zero-order chi connectivity index (χ0) is 13.1. The zero-order valence-corrected chi connectivity index (χ0v) is 11.4. The number of aryl methyl sites for hydroxylation is 1. The van der Waals surface area contributed by atoms with Crippen LogP contribution in [0.4, 0.5) is 5.69 Å². The Labute approximate surface area is 109 Å². The van der Waals surface area contributed by atoms with E-state index in [0.717, 1.165) is 25.1 Å². The number of nitrogens with zero attached hydrogens (tertiary/aromatic N) is 1. The lowest BCUT2D eigenvalue weighted by Crippen LogP contribution is -2.47. The monoisotopic (exact) mass is 246 g/mol. The number of nitrogens with one attached hydrogen (secondary N) is 1. The molecule has 3 nitrogen and oxygen atoms in total. The molecule has 18 heavy (non-hydrogen) atoms. The summed E-state index contributed by atoms with van der Waals surface area (Å²) in [5.74, 6) is 0.323. The van der Waals surface area contributed by atoms with Crippen molar-refractivity contribution in [3.8, 4) is 0 Å². The van der Waals surface area contributed by atoms with Gasteiger partial charge in [-0.2, -0.15) is 0 Å². The van der Waals surface area contributed by atoms with Crippen molar-refractivity contribution < 1.29 is 4.79 Å². The molecule has 1 aromatic rings. The van der Waals surface area contributed by atoms with E-state index in [2.05, 4.69) is 19.2 Å². The molecule has 0 aliphatic carbocycles. The molecule has 2 rings (SSSR count). The van der Waals surface area contributed by atoms with Crippen molar-refractivity contribution in [3.05, 3.63) is 29.8 Å². The van der Waals surface area contributed by atoms with Gasteiger partial charge >= 0.3 is 0 Å².